The maximum Gasteiger partial charge on any atom is 0.191 e. The van der Waals surface area contributed by atoms with E-state index in [1.54, 1.807) is 0 Å². The van der Waals surface area contributed by atoms with Gasteiger partial charge in [0.2, 0.25) is 0 Å². The molecule has 0 spiro atoms. The van der Waals surface area contributed by atoms with E-state index in [1.165, 1.54) is 25.9 Å². The lowest BCUT2D eigenvalue weighted by atomic mass is 10.1. The molecule has 2 N–H and O–H groups in total. The fourth-order valence-corrected chi connectivity index (χ4v) is 3.09. The van der Waals surface area contributed by atoms with Gasteiger partial charge in [-0.15, -0.1) is 24.0 Å². The van der Waals surface area contributed by atoms with Gasteiger partial charge >= 0.3 is 0 Å². The molecule has 1 fully saturated rings. The first kappa shape index (κ1) is 22.0. The van der Waals surface area contributed by atoms with Gasteiger partial charge in [-0.25, -0.2) is 0 Å². The van der Waals surface area contributed by atoms with E-state index in [0.29, 0.717) is 19.1 Å². The first-order chi connectivity index (χ1) is 11.7. The third-order valence-electron chi connectivity index (χ3n) is 4.33. The number of benzene rings is 1. The van der Waals surface area contributed by atoms with Crippen molar-refractivity contribution in [1.82, 2.24) is 15.5 Å². The van der Waals surface area contributed by atoms with E-state index in [-0.39, 0.29) is 24.0 Å². The number of ether oxygens (including phenoxy) is 1. The lowest BCUT2D eigenvalue weighted by molar-refractivity contribution is 0.287. The van der Waals surface area contributed by atoms with Crippen LogP contribution < -0.4 is 15.4 Å². The molecular weight excluding hydrogens is 427 g/mol. The SMILES string of the molecule is CCOc1ccccc1CNC(=NC)NCC(C)CN1CCCC1.I. The molecule has 0 bridgehead atoms. The van der Waals surface area contributed by atoms with Gasteiger partial charge in [-0.2, -0.15) is 0 Å². The first-order valence-electron chi connectivity index (χ1n) is 9.10. The van der Waals surface area contributed by atoms with Crippen molar-refractivity contribution in [2.45, 2.75) is 33.2 Å². The van der Waals surface area contributed by atoms with Crippen LogP contribution >= 0.6 is 24.0 Å². The number of para-hydroxylation sites is 1. The monoisotopic (exact) mass is 460 g/mol. The van der Waals surface area contributed by atoms with Gasteiger partial charge in [0.1, 0.15) is 5.75 Å². The lowest BCUT2D eigenvalue weighted by Gasteiger charge is -2.21. The van der Waals surface area contributed by atoms with Crippen molar-refractivity contribution < 1.29 is 4.74 Å². The third-order valence-corrected chi connectivity index (χ3v) is 4.33. The highest BCUT2D eigenvalue weighted by atomic mass is 127. The molecule has 1 aromatic rings. The molecule has 1 heterocycles. The number of likely N-dealkylation sites (tertiary alicyclic amines) is 1. The smallest absolute Gasteiger partial charge is 0.191 e. The van der Waals surface area contributed by atoms with E-state index in [9.17, 15) is 0 Å². The quantitative estimate of drug-likeness (QED) is 0.356. The molecule has 1 atom stereocenters. The Hall–Kier alpha value is -1.02. The van der Waals surface area contributed by atoms with E-state index in [0.717, 1.165) is 30.4 Å². The number of halogens is 1. The molecule has 0 saturated carbocycles. The van der Waals surface area contributed by atoms with Gasteiger partial charge in [-0.3, -0.25) is 4.99 Å². The maximum absolute atomic E-state index is 5.67. The van der Waals surface area contributed by atoms with Gasteiger partial charge in [0, 0.05) is 32.2 Å². The summed E-state index contributed by atoms with van der Waals surface area (Å²) in [4.78, 5) is 6.88. The van der Waals surface area contributed by atoms with Gasteiger partial charge in [-0.1, -0.05) is 25.1 Å². The van der Waals surface area contributed by atoms with Gasteiger partial charge in [0.05, 0.1) is 6.61 Å². The predicted molar refractivity (Wildman–Crippen MR) is 116 cm³/mol. The zero-order valence-corrected chi connectivity index (χ0v) is 18.1. The van der Waals surface area contributed by atoms with Gasteiger partial charge in [0.15, 0.2) is 5.96 Å². The van der Waals surface area contributed by atoms with Crippen LogP contribution in [0.15, 0.2) is 29.3 Å². The fourth-order valence-electron chi connectivity index (χ4n) is 3.09. The molecule has 2 rings (SSSR count). The van der Waals surface area contributed by atoms with Crippen molar-refractivity contribution in [2.24, 2.45) is 10.9 Å². The van der Waals surface area contributed by atoms with E-state index < -0.39 is 0 Å². The fraction of sp³-hybridized carbons (Fsp3) is 0.632. The number of nitrogens with zero attached hydrogens (tertiary/aromatic N) is 2. The molecule has 1 saturated heterocycles. The first-order valence-corrected chi connectivity index (χ1v) is 9.10. The number of guanidine groups is 1. The van der Waals surface area contributed by atoms with Gasteiger partial charge in [-0.05, 0) is 44.8 Å². The molecule has 0 aliphatic carbocycles. The Morgan fingerprint density at radius 1 is 1.24 bits per heavy atom. The summed E-state index contributed by atoms with van der Waals surface area (Å²) in [6, 6.07) is 8.13. The van der Waals surface area contributed by atoms with Crippen molar-refractivity contribution in [1.29, 1.82) is 0 Å². The molecule has 1 aromatic carbocycles. The molecule has 0 amide bonds. The second-order valence-electron chi connectivity index (χ2n) is 6.46. The Morgan fingerprint density at radius 2 is 1.96 bits per heavy atom. The molecule has 25 heavy (non-hydrogen) atoms. The average Bonchev–Trinajstić information content (AvgIpc) is 3.09. The van der Waals surface area contributed by atoms with Crippen molar-refractivity contribution >= 4 is 29.9 Å². The Morgan fingerprint density at radius 3 is 2.64 bits per heavy atom. The zero-order chi connectivity index (χ0) is 17.2. The van der Waals surface area contributed by atoms with Crippen LogP contribution in [0.4, 0.5) is 0 Å². The van der Waals surface area contributed by atoms with Crippen LogP contribution in [0.5, 0.6) is 5.75 Å². The summed E-state index contributed by atoms with van der Waals surface area (Å²) in [5.74, 6) is 2.39. The summed E-state index contributed by atoms with van der Waals surface area (Å²) in [7, 11) is 1.81. The van der Waals surface area contributed by atoms with Crippen molar-refractivity contribution in [2.75, 3.05) is 39.8 Å². The maximum atomic E-state index is 5.67. The number of aliphatic imine (C=N–C) groups is 1. The Bertz CT molecular complexity index is 518. The molecule has 6 heteroatoms. The summed E-state index contributed by atoms with van der Waals surface area (Å²) >= 11 is 0. The molecule has 0 radical (unpaired) electrons. The standard InChI is InChI=1S/C19H32N4O.HI/c1-4-24-18-10-6-5-9-17(18)14-22-19(20-3)21-13-16(2)15-23-11-7-8-12-23;/h5-6,9-10,16H,4,7-8,11-15H2,1-3H3,(H2,20,21,22);1H. The molecular formula is C19H33IN4O. The number of hydrogen-bond acceptors (Lipinski definition) is 3. The topological polar surface area (TPSA) is 48.9 Å². The van der Waals surface area contributed by atoms with Crippen LogP contribution in [0.2, 0.25) is 0 Å². The number of hydrogen-bond donors (Lipinski definition) is 2. The second-order valence-corrected chi connectivity index (χ2v) is 6.46. The minimum absolute atomic E-state index is 0. The minimum atomic E-state index is 0. The summed E-state index contributed by atoms with van der Waals surface area (Å²) < 4.78 is 5.67. The highest BCUT2D eigenvalue weighted by Crippen LogP contribution is 2.17. The Kier molecular flexibility index (Phi) is 10.9. The molecule has 1 unspecified atom stereocenters. The van der Waals surface area contributed by atoms with E-state index >= 15 is 0 Å². The van der Waals surface area contributed by atoms with E-state index in [1.807, 2.05) is 32.2 Å². The summed E-state index contributed by atoms with van der Waals surface area (Å²) in [6.45, 7) is 10.3. The van der Waals surface area contributed by atoms with E-state index in [2.05, 4.69) is 33.5 Å². The summed E-state index contributed by atoms with van der Waals surface area (Å²) in [5, 5.41) is 6.82. The Balaban J connectivity index is 0.00000312. The molecule has 0 aromatic heterocycles. The molecule has 1 aliphatic heterocycles. The van der Waals surface area contributed by atoms with Crippen molar-refractivity contribution in [3.05, 3.63) is 29.8 Å². The molecule has 5 nitrogen and oxygen atoms in total. The summed E-state index contributed by atoms with van der Waals surface area (Å²) in [5.41, 5.74) is 1.15. The summed E-state index contributed by atoms with van der Waals surface area (Å²) in [6.07, 6.45) is 2.70. The molecule has 142 valence electrons. The third kappa shape index (κ3) is 7.81. The van der Waals surface area contributed by atoms with Crippen molar-refractivity contribution in [3.8, 4) is 5.75 Å². The second kappa shape index (κ2) is 12.4. The largest absolute Gasteiger partial charge is 0.494 e. The van der Waals surface area contributed by atoms with Crippen LogP contribution in [-0.4, -0.2) is 50.7 Å². The van der Waals surface area contributed by atoms with E-state index in [4.69, 9.17) is 4.74 Å². The van der Waals surface area contributed by atoms with Gasteiger partial charge in [0.25, 0.3) is 0 Å². The lowest BCUT2D eigenvalue weighted by Crippen LogP contribution is -2.41. The highest BCUT2D eigenvalue weighted by molar-refractivity contribution is 14.0. The average molecular weight is 460 g/mol. The predicted octanol–water partition coefficient (Wildman–Crippen LogP) is 3.10. The van der Waals surface area contributed by atoms with Crippen molar-refractivity contribution in [3.63, 3.8) is 0 Å². The van der Waals surface area contributed by atoms with Crippen LogP contribution in [0.3, 0.4) is 0 Å². The zero-order valence-electron chi connectivity index (χ0n) is 15.8. The van der Waals surface area contributed by atoms with Crippen LogP contribution in [-0.2, 0) is 6.54 Å². The van der Waals surface area contributed by atoms with Crippen LogP contribution in [0.25, 0.3) is 0 Å². The highest BCUT2D eigenvalue weighted by Gasteiger charge is 2.14. The minimum Gasteiger partial charge on any atom is -0.494 e. The van der Waals surface area contributed by atoms with Crippen LogP contribution in [0, 0.1) is 5.92 Å². The molecule has 1 aliphatic rings. The van der Waals surface area contributed by atoms with Crippen LogP contribution in [0.1, 0.15) is 32.3 Å². The number of nitrogens with one attached hydrogen (secondary N) is 2. The Labute approximate surface area is 169 Å². The van der Waals surface area contributed by atoms with Gasteiger partial charge < -0.3 is 20.3 Å². The normalized spacial score (nSPS) is 16.2. The number of rotatable bonds is 8.